The maximum atomic E-state index is 2.65. The largest absolute Gasteiger partial charge is 0.140 e. The SMILES string of the molecule is CCCCc1cc2c(s1)c1ccccc1c1c3c4ccccc4c4sc(CCCC)cc4c3c3c4c5cc(CCCC)sc5c5ccccc5c4c4c5ccccc5c5sc(CCCC)cc5c4c3c21.CCCCc1cc2c(s1)c1ccccc1c1c3c4ccccc4c4sc(CCCC)cc4c3c3c4c5cc(CCCC)sc5c5ccccc5c4c4c5ccccc5c5sc(CCCC)cc5c4c3c21. The first-order valence-electron chi connectivity index (χ1n) is 52.5. The molecule has 0 N–H and O–H groups in total. The second kappa shape index (κ2) is 35.4. The molecule has 0 aliphatic rings. The zero-order valence-corrected chi connectivity index (χ0v) is 87.9. The van der Waals surface area contributed by atoms with Gasteiger partial charge in [-0.1, -0.05) is 301 Å². The molecular weight excluding hydrogens is 1840 g/mol. The molecule has 8 aromatic heterocycles. The summed E-state index contributed by atoms with van der Waals surface area (Å²) in [5.74, 6) is 0. The minimum atomic E-state index is 1.11. The number of hydrogen-bond donors (Lipinski definition) is 0. The molecule has 0 fully saturated rings. The third-order valence-electron chi connectivity index (χ3n) is 31.7. The van der Waals surface area contributed by atoms with Crippen LogP contribution >= 0.6 is 90.7 Å². The quantitative estimate of drug-likeness (QED) is 0.0529. The van der Waals surface area contributed by atoms with Gasteiger partial charge >= 0.3 is 0 Å². The van der Waals surface area contributed by atoms with Crippen molar-refractivity contribution in [3.05, 3.63) is 282 Å². The maximum absolute atomic E-state index is 2.65. The molecule has 0 saturated carbocycles. The van der Waals surface area contributed by atoms with E-state index in [4.69, 9.17) is 0 Å². The Bertz CT molecular complexity index is 8380. The van der Waals surface area contributed by atoms with Gasteiger partial charge in [-0.2, -0.15) is 0 Å². The van der Waals surface area contributed by atoms with Crippen molar-refractivity contribution >= 4 is 365 Å². The standard InChI is InChI=1S/2C66H56S4/c2*1-5-9-21-37-33-49-57-53(41-25-13-17-29-45(41)63(49)67-37)54-42-26-14-18-30-46(42)65-51(35-39(69-65)23-11-7-3)59(54)62-60-52-36-40(24-12-8-4)70-66(52)48-32-20-16-28-44(48)56(60)55-43-27-15-19-31-47(43)64-50(58(55)61(57)62)34-38(68-64)22-10-6-2/h2*13-20,25-36H,5-12,21-24H2,1-4H3. The summed E-state index contributed by atoms with van der Waals surface area (Å²) in [4.78, 5) is 12.0. The molecule has 8 heteroatoms. The van der Waals surface area contributed by atoms with Gasteiger partial charge in [-0.15, -0.1) is 90.7 Å². The predicted octanol–water partition coefficient (Wildman–Crippen LogP) is 44.6. The monoisotopic (exact) mass is 1950 g/mol. The summed E-state index contributed by atoms with van der Waals surface area (Å²) in [6.07, 6.45) is 28.0. The van der Waals surface area contributed by atoms with Crippen LogP contribution in [-0.4, -0.2) is 0 Å². The van der Waals surface area contributed by atoms with Crippen LogP contribution in [0.2, 0.25) is 0 Å². The van der Waals surface area contributed by atoms with E-state index in [1.165, 1.54) is 416 Å². The second-order valence-electron chi connectivity index (χ2n) is 40.3. The number of fused-ring (bicyclic) bond motifs is 62. The van der Waals surface area contributed by atoms with Crippen LogP contribution in [0.5, 0.6) is 0 Å². The van der Waals surface area contributed by atoms with Gasteiger partial charge < -0.3 is 0 Å². The summed E-state index contributed by atoms with van der Waals surface area (Å²) < 4.78 is 11.5. The molecule has 688 valence electrons. The van der Waals surface area contributed by atoms with E-state index in [2.05, 4.69) is 389 Å². The topological polar surface area (TPSA) is 0 Å². The molecule has 0 amide bonds. The zero-order valence-electron chi connectivity index (χ0n) is 81.3. The van der Waals surface area contributed by atoms with Crippen LogP contribution in [0.1, 0.15) is 197 Å². The number of benzene rings is 20. The molecule has 0 aliphatic carbocycles. The van der Waals surface area contributed by atoms with E-state index in [1.54, 1.807) is 0 Å². The second-order valence-corrected chi connectivity index (χ2v) is 49.4. The van der Waals surface area contributed by atoms with Crippen molar-refractivity contribution in [3.8, 4) is 0 Å². The average molecular weight is 1950 g/mol. The van der Waals surface area contributed by atoms with Crippen molar-refractivity contribution in [2.75, 3.05) is 0 Å². The molecule has 8 heterocycles. The number of unbranched alkanes of at least 4 members (excludes halogenated alkanes) is 8. The molecule has 0 unspecified atom stereocenters. The van der Waals surface area contributed by atoms with Gasteiger partial charge in [0.25, 0.3) is 0 Å². The lowest BCUT2D eigenvalue weighted by Gasteiger charge is -2.23. The van der Waals surface area contributed by atoms with E-state index >= 15 is 0 Å². The van der Waals surface area contributed by atoms with Gasteiger partial charge in [0, 0.05) is 227 Å². The molecule has 28 aromatic rings. The molecule has 0 nitrogen and oxygen atoms in total. The van der Waals surface area contributed by atoms with Crippen LogP contribution in [0.3, 0.4) is 0 Å². The fraction of sp³-hybridized carbons (Fsp3) is 0.242. The van der Waals surface area contributed by atoms with E-state index in [0.29, 0.717) is 0 Å². The number of hydrogen-bond acceptors (Lipinski definition) is 8. The molecule has 0 spiro atoms. The molecule has 28 rings (SSSR count). The van der Waals surface area contributed by atoms with Crippen LogP contribution in [0, 0.1) is 0 Å². The first kappa shape index (κ1) is 87.8. The van der Waals surface area contributed by atoms with E-state index < -0.39 is 0 Å². The lowest BCUT2D eigenvalue weighted by molar-refractivity contribution is 0.804. The Hall–Kier alpha value is -11.2. The molecule has 0 bridgehead atoms. The van der Waals surface area contributed by atoms with Gasteiger partial charge in [0.1, 0.15) is 0 Å². The zero-order chi connectivity index (χ0) is 93.6. The van der Waals surface area contributed by atoms with Crippen molar-refractivity contribution in [3.63, 3.8) is 0 Å². The predicted molar refractivity (Wildman–Crippen MR) is 640 cm³/mol. The summed E-state index contributed by atoms with van der Waals surface area (Å²) in [7, 11) is 0. The van der Waals surface area contributed by atoms with Gasteiger partial charge in [0.05, 0.1) is 0 Å². The minimum absolute atomic E-state index is 1.11. The normalized spacial score (nSPS) is 12.7. The maximum Gasteiger partial charge on any atom is 0.0430 e. The first-order chi connectivity index (χ1) is 69.2. The molecule has 20 aromatic carbocycles. The summed E-state index contributed by atoms with van der Waals surface area (Å²) in [6.45, 7) is 18.7. The smallest absolute Gasteiger partial charge is 0.0430 e. The lowest BCUT2D eigenvalue weighted by atomic mass is 9.79. The van der Waals surface area contributed by atoms with Crippen molar-refractivity contribution in [2.45, 2.75) is 209 Å². The number of thiophene rings is 8. The van der Waals surface area contributed by atoms with Crippen LogP contribution in [0.15, 0.2) is 243 Å². The van der Waals surface area contributed by atoms with Gasteiger partial charge in [0.2, 0.25) is 0 Å². The Balaban J connectivity index is 0.000000141. The molecular formula is C132H112S8. The highest BCUT2D eigenvalue weighted by Crippen LogP contribution is 2.63. The molecule has 0 radical (unpaired) electrons. The lowest BCUT2D eigenvalue weighted by Crippen LogP contribution is -1.94. The van der Waals surface area contributed by atoms with Crippen LogP contribution in [0.4, 0.5) is 0 Å². The Labute approximate surface area is 848 Å². The summed E-state index contributed by atoms with van der Waals surface area (Å²) >= 11 is 16.5. The summed E-state index contributed by atoms with van der Waals surface area (Å²) in [5, 5.41) is 62.6. The van der Waals surface area contributed by atoms with Crippen molar-refractivity contribution in [1.29, 1.82) is 0 Å². The van der Waals surface area contributed by atoms with Crippen molar-refractivity contribution < 1.29 is 0 Å². The third-order valence-corrected chi connectivity index (χ3v) is 41.5. The van der Waals surface area contributed by atoms with Crippen molar-refractivity contribution in [1.82, 2.24) is 0 Å². The van der Waals surface area contributed by atoms with E-state index in [0.717, 1.165) is 51.4 Å². The molecule has 0 aliphatic heterocycles. The fourth-order valence-corrected chi connectivity index (χ4v) is 35.4. The number of rotatable bonds is 24. The van der Waals surface area contributed by atoms with E-state index in [-0.39, 0.29) is 0 Å². The Kier molecular flexibility index (Phi) is 22.2. The van der Waals surface area contributed by atoms with Crippen molar-refractivity contribution in [2.24, 2.45) is 0 Å². The van der Waals surface area contributed by atoms with Crippen LogP contribution in [-0.2, 0) is 51.4 Å². The highest BCUT2D eigenvalue weighted by Gasteiger charge is 2.34. The number of aryl methyl sites for hydroxylation is 8. The van der Waals surface area contributed by atoms with Gasteiger partial charge in [-0.05, 0) is 237 Å². The Morgan fingerprint density at radius 3 is 0.329 bits per heavy atom. The Morgan fingerprint density at radius 1 is 0.121 bits per heavy atom. The van der Waals surface area contributed by atoms with Crippen LogP contribution < -0.4 is 0 Å². The highest BCUT2D eigenvalue weighted by molar-refractivity contribution is 7.23. The Morgan fingerprint density at radius 2 is 0.221 bits per heavy atom. The molecule has 140 heavy (non-hydrogen) atoms. The van der Waals surface area contributed by atoms with E-state index in [9.17, 15) is 0 Å². The third kappa shape index (κ3) is 13.3. The summed E-state index contributed by atoms with van der Waals surface area (Å²) in [6, 6.07) is 97.3. The highest BCUT2D eigenvalue weighted by atomic mass is 32.1. The summed E-state index contributed by atoms with van der Waals surface area (Å²) in [5.41, 5.74) is 0. The molecule has 0 atom stereocenters. The van der Waals surface area contributed by atoms with Gasteiger partial charge in [0.15, 0.2) is 0 Å². The van der Waals surface area contributed by atoms with Crippen LogP contribution in [0.25, 0.3) is 275 Å². The fourth-order valence-electron chi connectivity index (χ4n) is 25.4. The minimum Gasteiger partial charge on any atom is -0.140 e. The van der Waals surface area contributed by atoms with Gasteiger partial charge in [-0.25, -0.2) is 0 Å². The van der Waals surface area contributed by atoms with Gasteiger partial charge in [-0.3, -0.25) is 0 Å². The average Bonchev–Trinajstić information content (AvgIpc) is 1.27. The first-order valence-corrected chi connectivity index (χ1v) is 59.0. The van der Waals surface area contributed by atoms with E-state index in [1.807, 2.05) is 0 Å². The molecule has 0 saturated heterocycles.